The maximum Gasteiger partial charge on any atom is 0.169 e. The van der Waals surface area contributed by atoms with Crippen LogP contribution in [0.15, 0.2) is 22.8 Å². The molecule has 6 heteroatoms. The van der Waals surface area contributed by atoms with Crippen molar-refractivity contribution in [2.45, 2.75) is 31.8 Å². The second-order valence-corrected chi connectivity index (χ2v) is 6.21. The van der Waals surface area contributed by atoms with Crippen molar-refractivity contribution < 1.29 is 9.15 Å². The average Bonchev–Trinajstić information content (AvgIpc) is 3.03. The van der Waals surface area contributed by atoms with Crippen LogP contribution in [0.25, 0.3) is 0 Å². The van der Waals surface area contributed by atoms with Gasteiger partial charge in [0, 0.05) is 26.3 Å². The van der Waals surface area contributed by atoms with Gasteiger partial charge in [0.2, 0.25) is 0 Å². The normalized spacial score (nSPS) is 16.6. The van der Waals surface area contributed by atoms with E-state index >= 15 is 0 Å². The molecule has 1 aromatic heterocycles. The van der Waals surface area contributed by atoms with E-state index in [2.05, 4.69) is 22.2 Å². The molecule has 2 rings (SSSR count). The summed E-state index contributed by atoms with van der Waals surface area (Å²) in [6, 6.07) is 4.41. The molecule has 0 aromatic carbocycles. The number of hydrogen-bond donors (Lipinski definition) is 1. The molecule has 1 N–H and O–H groups in total. The molecular weight excluding hydrogens is 298 g/mol. The molecule has 1 aromatic rings. The largest absolute Gasteiger partial charge is 0.467 e. The van der Waals surface area contributed by atoms with Gasteiger partial charge in [0.15, 0.2) is 5.11 Å². The van der Waals surface area contributed by atoms with E-state index in [9.17, 15) is 0 Å². The van der Waals surface area contributed by atoms with Crippen molar-refractivity contribution >= 4 is 17.3 Å². The van der Waals surface area contributed by atoms with Crippen molar-refractivity contribution in [3.63, 3.8) is 0 Å². The zero-order chi connectivity index (χ0) is 15.8. The number of nitrogens with zero attached hydrogens (tertiary/aromatic N) is 2. The van der Waals surface area contributed by atoms with E-state index in [1.54, 1.807) is 13.4 Å². The van der Waals surface area contributed by atoms with Crippen LogP contribution >= 0.6 is 12.2 Å². The lowest BCUT2D eigenvalue weighted by molar-refractivity contribution is 0.164. The number of ether oxygens (including phenoxy) is 1. The first-order valence-electron chi connectivity index (χ1n) is 7.95. The van der Waals surface area contributed by atoms with Gasteiger partial charge in [-0.3, -0.25) is 0 Å². The van der Waals surface area contributed by atoms with Gasteiger partial charge in [-0.2, -0.15) is 0 Å². The van der Waals surface area contributed by atoms with Gasteiger partial charge in [0.1, 0.15) is 5.76 Å². The summed E-state index contributed by atoms with van der Waals surface area (Å²) >= 11 is 5.63. The first kappa shape index (κ1) is 17.2. The number of hydrogen-bond acceptors (Lipinski definition) is 4. The van der Waals surface area contributed by atoms with E-state index in [1.807, 2.05) is 12.1 Å². The SMILES string of the molecule is COCCCNC(=S)N(Cc1ccco1)C1CCN(C)CC1. The van der Waals surface area contributed by atoms with Crippen LogP contribution in [0.4, 0.5) is 0 Å². The number of likely N-dealkylation sites (tertiary alicyclic amines) is 1. The summed E-state index contributed by atoms with van der Waals surface area (Å²) in [6.07, 6.45) is 4.95. The first-order chi connectivity index (χ1) is 10.7. The fourth-order valence-electron chi connectivity index (χ4n) is 2.76. The van der Waals surface area contributed by atoms with Crippen LogP contribution in [-0.4, -0.2) is 61.4 Å². The third-order valence-corrected chi connectivity index (χ3v) is 4.48. The molecule has 0 atom stereocenters. The standard InChI is InChI=1S/C16H27N3O2S/c1-18-9-6-14(7-10-18)19(13-15-5-3-12-21-15)16(22)17-8-4-11-20-2/h3,5,12,14H,4,6-11,13H2,1-2H3,(H,17,22). The van der Waals surface area contributed by atoms with Crippen molar-refractivity contribution in [2.24, 2.45) is 0 Å². The number of thiocarbonyl (C=S) groups is 1. The Morgan fingerprint density at radius 3 is 2.91 bits per heavy atom. The number of piperidine rings is 1. The fourth-order valence-corrected chi connectivity index (χ4v) is 3.07. The molecule has 0 aliphatic carbocycles. The van der Waals surface area contributed by atoms with E-state index in [0.29, 0.717) is 6.04 Å². The molecule has 1 saturated heterocycles. The zero-order valence-corrected chi connectivity index (χ0v) is 14.4. The Morgan fingerprint density at radius 1 is 1.50 bits per heavy atom. The number of rotatable bonds is 7. The Labute approximate surface area is 138 Å². The summed E-state index contributed by atoms with van der Waals surface area (Å²) in [7, 11) is 3.90. The smallest absolute Gasteiger partial charge is 0.169 e. The summed E-state index contributed by atoms with van der Waals surface area (Å²) in [5.41, 5.74) is 0. The summed E-state index contributed by atoms with van der Waals surface area (Å²) in [5, 5.41) is 4.18. The van der Waals surface area contributed by atoms with Crippen molar-refractivity contribution in [3.05, 3.63) is 24.2 Å². The third-order valence-electron chi connectivity index (χ3n) is 4.10. The number of methoxy groups -OCH3 is 1. The summed E-state index contributed by atoms with van der Waals surface area (Å²) in [4.78, 5) is 4.66. The van der Waals surface area contributed by atoms with Gasteiger partial charge in [-0.1, -0.05) is 0 Å². The van der Waals surface area contributed by atoms with Crippen molar-refractivity contribution in [2.75, 3.05) is 40.4 Å². The monoisotopic (exact) mass is 325 g/mol. The molecule has 0 amide bonds. The van der Waals surface area contributed by atoms with Crippen LogP contribution in [0.3, 0.4) is 0 Å². The first-order valence-corrected chi connectivity index (χ1v) is 8.36. The van der Waals surface area contributed by atoms with Crippen LogP contribution in [0.1, 0.15) is 25.0 Å². The Balaban J connectivity index is 1.93. The van der Waals surface area contributed by atoms with Gasteiger partial charge < -0.3 is 24.3 Å². The van der Waals surface area contributed by atoms with Crippen LogP contribution in [0.5, 0.6) is 0 Å². The highest BCUT2D eigenvalue weighted by Gasteiger charge is 2.25. The molecule has 1 aliphatic heterocycles. The Bertz CT molecular complexity index is 431. The van der Waals surface area contributed by atoms with Gasteiger partial charge in [-0.25, -0.2) is 0 Å². The Morgan fingerprint density at radius 2 is 2.27 bits per heavy atom. The van der Waals surface area contributed by atoms with Gasteiger partial charge in [0.05, 0.1) is 12.8 Å². The minimum absolute atomic E-state index is 0.476. The van der Waals surface area contributed by atoms with Crippen LogP contribution in [0.2, 0.25) is 0 Å². The van der Waals surface area contributed by atoms with E-state index in [1.165, 1.54) is 0 Å². The molecule has 0 radical (unpaired) electrons. The van der Waals surface area contributed by atoms with Crippen molar-refractivity contribution in [1.29, 1.82) is 0 Å². The highest BCUT2D eigenvalue weighted by Crippen LogP contribution is 2.19. The van der Waals surface area contributed by atoms with E-state index in [4.69, 9.17) is 21.4 Å². The maximum atomic E-state index is 5.63. The molecule has 22 heavy (non-hydrogen) atoms. The molecule has 124 valence electrons. The van der Waals surface area contributed by atoms with Gasteiger partial charge in [-0.05, 0) is 63.8 Å². The average molecular weight is 325 g/mol. The maximum absolute atomic E-state index is 5.63. The van der Waals surface area contributed by atoms with Gasteiger partial charge >= 0.3 is 0 Å². The second kappa shape index (κ2) is 9.12. The topological polar surface area (TPSA) is 40.9 Å². The van der Waals surface area contributed by atoms with E-state index in [-0.39, 0.29) is 0 Å². The minimum Gasteiger partial charge on any atom is -0.467 e. The Kier molecular flexibility index (Phi) is 7.15. The molecule has 0 spiro atoms. The second-order valence-electron chi connectivity index (χ2n) is 5.82. The molecule has 5 nitrogen and oxygen atoms in total. The highest BCUT2D eigenvalue weighted by molar-refractivity contribution is 7.80. The molecular formula is C16H27N3O2S. The zero-order valence-electron chi connectivity index (χ0n) is 13.6. The van der Waals surface area contributed by atoms with Crippen LogP contribution < -0.4 is 5.32 Å². The number of nitrogens with one attached hydrogen (secondary N) is 1. The number of furan rings is 1. The fraction of sp³-hybridized carbons (Fsp3) is 0.688. The highest BCUT2D eigenvalue weighted by atomic mass is 32.1. The quantitative estimate of drug-likeness (QED) is 0.611. The summed E-state index contributed by atoms with van der Waals surface area (Å²) in [5.74, 6) is 0.958. The molecule has 0 bridgehead atoms. The third kappa shape index (κ3) is 5.26. The lowest BCUT2D eigenvalue weighted by Gasteiger charge is -2.38. The molecule has 0 unspecified atom stereocenters. The van der Waals surface area contributed by atoms with E-state index in [0.717, 1.165) is 62.9 Å². The molecule has 1 aliphatic rings. The summed E-state index contributed by atoms with van der Waals surface area (Å²) in [6.45, 7) is 4.56. The predicted octanol–water partition coefficient (Wildman–Crippen LogP) is 2.09. The molecule has 2 heterocycles. The van der Waals surface area contributed by atoms with Crippen LogP contribution in [0, 0.1) is 0 Å². The van der Waals surface area contributed by atoms with E-state index < -0.39 is 0 Å². The van der Waals surface area contributed by atoms with Crippen LogP contribution in [-0.2, 0) is 11.3 Å². The van der Waals surface area contributed by atoms with Crippen molar-refractivity contribution in [1.82, 2.24) is 15.1 Å². The van der Waals surface area contributed by atoms with Gasteiger partial charge in [-0.15, -0.1) is 0 Å². The lowest BCUT2D eigenvalue weighted by atomic mass is 10.0. The van der Waals surface area contributed by atoms with Gasteiger partial charge in [0.25, 0.3) is 0 Å². The minimum atomic E-state index is 0.476. The van der Waals surface area contributed by atoms with Crippen molar-refractivity contribution in [3.8, 4) is 0 Å². The molecule has 1 fully saturated rings. The lowest BCUT2D eigenvalue weighted by Crippen LogP contribution is -2.49. The predicted molar refractivity (Wildman–Crippen MR) is 91.9 cm³/mol. The molecule has 0 saturated carbocycles. The summed E-state index contributed by atoms with van der Waals surface area (Å²) < 4.78 is 10.6. The Hall–Kier alpha value is -1.11.